The number of benzene rings is 4. The molecule has 0 saturated heterocycles. The van der Waals surface area contributed by atoms with Gasteiger partial charge in [0.25, 0.3) is 0 Å². The Bertz CT molecular complexity index is 1160. The summed E-state index contributed by atoms with van der Waals surface area (Å²) in [6.07, 6.45) is 0. The van der Waals surface area contributed by atoms with Crippen LogP contribution in [0.25, 0.3) is 0 Å². The molecule has 0 atom stereocenters. The minimum atomic E-state index is 0.457. The van der Waals surface area contributed by atoms with Crippen LogP contribution in [-0.4, -0.2) is 0 Å². The van der Waals surface area contributed by atoms with Crippen molar-refractivity contribution >= 4 is 38.7 Å². The van der Waals surface area contributed by atoms with Gasteiger partial charge in [0.1, 0.15) is 22.7 Å². The van der Waals surface area contributed by atoms with Gasteiger partial charge in [0.15, 0.2) is 0 Å². The summed E-state index contributed by atoms with van der Waals surface area (Å²) in [5.41, 5.74) is 5.23. The Morgan fingerprint density at radius 1 is 0.444 bits per heavy atom. The van der Waals surface area contributed by atoms with Crippen LogP contribution in [0.3, 0.4) is 0 Å². The van der Waals surface area contributed by atoms with E-state index >= 15 is 0 Å². The number of nitroso groups, excluding NO2 is 4. The van der Waals surface area contributed by atoms with E-state index in [-0.39, 0.29) is 0 Å². The number of aryl methyl sites for hydroxylation is 3. The van der Waals surface area contributed by atoms with Crippen molar-refractivity contribution in [3.8, 4) is 0 Å². The molecule has 0 bridgehead atoms. The molecule has 9 heteroatoms. The molecule has 0 amide bonds. The Balaban J connectivity index is 0.000000241. The molecule has 0 aliphatic heterocycles. The number of hydrogen-bond acceptors (Lipinski definition) is 8. The standard InChI is InChI=1S/C8H9NO.C7H7NO.C6H4BrNO.C6H5NO/c1-6-3-7(2)5-8(4-6)9-10;1-6-2-4-7(8-9)5-3-6;7-5-1-3-6(8-9)4-2-5;8-7-6-4-2-1-3-5-6/h3-5H,1-2H3;2-5H,1H3;1-4H;1-5H. The SMILES string of the molecule is Cc1cc(C)cc(N=O)c1.Cc1ccc(N=O)cc1.O=Nc1ccc(Br)cc1.O=Nc1ccccc1. The first-order chi connectivity index (χ1) is 17.3. The molecule has 0 spiro atoms. The Morgan fingerprint density at radius 2 is 0.833 bits per heavy atom. The van der Waals surface area contributed by atoms with Crippen LogP contribution in [-0.2, 0) is 0 Å². The van der Waals surface area contributed by atoms with E-state index in [4.69, 9.17) is 0 Å². The van der Waals surface area contributed by atoms with Crippen LogP contribution in [0.4, 0.5) is 22.7 Å². The van der Waals surface area contributed by atoms with Gasteiger partial charge in [-0.1, -0.05) is 57.9 Å². The van der Waals surface area contributed by atoms with Gasteiger partial charge >= 0.3 is 0 Å². The van der Waals surface area contributed by atoms with E-state index in [2.05, 4.69) is 36.6 Å². The van der Waals surface area contributed by atoms with Gasteiger partial charge in [0, 0.05) is 4.47 Å². The summed E-state index contributed by atoms with van der Waals surface area (Å²) in [6, 6.07) is 28.2. The van der Waals surface area contributed by atoms with E-state index in [1.165, 1.54) is 0 Å². The van der Waals surface area contributed by atoms with Crippen molar-refractivity contribution in [2.24, 2.45) is 20.7 Å². The molecular formula is C27H25BrN4O4. The quantitative estimate of drug-likeness (QED) is 0.235. The van der Waals surface area contributed by atoms with Crippen molar-refractivity contribution < 1.29 is 0 Å². The summed E-state index contributed by atoms with van der Waals surface area (Å²) in [5, 5.41) is 11.1. The fourth-order valence-electron chi connectivity index (χ4n) is 2.60. The van der Waals surface area contributed by atoms with Gasteiger partial charge in [-0.2, -0.15) is 0 Å². The van der Waals surface area contributed by atoms with Crippen LogP contribution in [0.1, 0.15) is 16.7 Å². The lowest BCUT2D eigenvalue weighted by atomic mass is 10.1. The summed E-state index contributed by atoms with van der Waals surface area (Å²) < 4.78 is 0.954. The van der Waals surface area contributed by atoms with E-state index in [9.17, 15) is 19.6 Å². The fourth-order valence-corrected chi connectivity index (χ4v) is 2.86. The van der Waals surface area contributed by atoms with E-state index in [1.54, 1.807) is 72.8 Å². The van der Waals surface area contributed by atoms with Crippen LogP contribution < -0.4 is 0 Å². The third kappa shape index (κ3) is 12.9. The van der Waals surface area contributed by atoms with Gasteiger partial charge in [-0.05, 0) is 113 Å². The van der Waals surface area contributed by atoms with E-state index in [1.807, 2.05) is 45.0 Å². The highest BCUT2D eigenvalue weighted by atomic mass is 79.9. The van der Waals surface area contributed by atoms with Crippen LogP contribution in [0, 0.1) is 40.4 Å². The second-order valence-electron chi connectivity index (χ2n) is 7.36. The molecule has 36 heavy (non-hydrogen) atoms. The zero-order chi connectivity index (χ0) is 26.8. The summed E-state index contributed by atoms with van der Waals surface area (Å²) in [4.78, 5) is 39.5. The second-order valence-corrected chi connectivity index (χ2v) is 8.27. The van der Waals surface area contributed by atoms with Crippen molar-refractivity contribution in [3.63, 3.8) is 0 Å². The highest BCUT2D eigenvalue weighted by molar-refractivity contribution is 9.10. The summed E-state index contributed by atoms with van der Waals surface area (Å²) in [5.74, 6) is 0. The zero-order valence-electron chi connectivity index (χ0n) is 20.0. The zero-order valence-corrected chi connectivity index (χ0v) is 21.6. The highest BCUT2D eigenvalue weighted by Gasteiger charge is 1.93. The molecule has 184 valence electrons. The predicted octanol–water partition coefficient (Wildman–Crippen LogP) is 10.0. The first-order valence-corrected chi connectivity index (χ1v) is 11.4. The first-order valence-electron chi connectivity index (χ1n) is 10.6. The van der Waals surface area contributed by atoms with Crippen molar-refractivity contribution in [1.29, 1.82) is 0 Å². The molecule has 4 rings (SSSR count). The molecule has 0 heterocycles. The Morgan fingerprint density at radius 3 is 1.22 bits per heavy atom. The smallest absolute Gasteiger partial charge is 0.108 e. The molecule has 0 fully saturated rings. The van der Waals surface area contributed by atoms with Gasteiger partial charge in [-0.15, -0.1) is 19.6 Å². The molecule has 0 saturated carbocycles. The van der Waals surface area contributed by atoms with Gasteiger partial charge in [0.2, 0.25) is 0 Å². The third-order valence-electron chi connectivity index (χ3n) is 4.24. The number of nitrogens with zero attached hydrogens (tertiary/aromatic N) is 4. The Hall–Kier alpha value is -4.24. The molecule has 0 aliphatic carbocycles. The largest absolute Gasteiger partial charge is 0.145 e. The molecule has 0 unspecified atom stereocenters. The summed E-state index contributed by atoms with van der Waals surface area (Å²) in [7, 11) is 0. The molecule has 8 nitrogen and oxygen atoms in total. The number of hydrogen-bond donors (Lipinski definition) is 0. The minimum absolute atomic E-state index is 0.457. The summed E-state index contributed by atoms with van der Waals surface area (Å²) in [6.45, 7) is 5.86. The highest BCUT2D eigenvalue weighted by Crippen LogP contribution is 2.16. The van der Waals surface area contributed by atoms with Crippen molar-refractivity contribution in [2.75, 3.05) is 0 Å². The Labute approximate surface area is 217 Å². The normalized spacial score (nSPS) is 9.00. The molecule has 0 aromatic heterocycles. The van der Waals surface area contributed by atoms with Gasteiger partial charge in [-0.25, -0.2) is 0 Å². The van der Waals surface area contributed by atoms with Gasteiger partial charge in [-0.3, -0.25) is 0 Å². The molecular weight excluding hydrogens is 524 g/mol. The van der Waals surface area contributed by atoms with Crippen molar-refractivity contribution in [2.45, 2.75) is 20.8 Å². The van der Waals surface area contributed by atoms with E-state index < -0.39 is 0 Å². The van der Waals surface area contributed by atoms with E-state index in [0.29, 0.717) is 22.7 Å². The third-order valence-corrected chi connectivity index (χ3v) is 4.77. The average Bonchev–Trinajstić information content (AvgIpc) is 2.90. The monoisotopic (exact) mass is 548 g/mol. The Kier molecular flexibility index (Phi) is 14.3. The second kappa shape index (κ2) is 17.2. The lowest BCUT2D eigenvalue weighted by molar-refractivity contribution is 1.35. The lowest BCUT2D eigenvalue weighted by Gasteiger charge is -1.95. The molecule has 0 radical (unpaired) electrons. The molecule has 4 aromatic carbocycles. The van der Waals surface area contributed by atoms with Gasteiger partial charge < -0.3 is 0 Å². The maximum Gasteiger partial charge on any atom is 0.108 e. The van der Waals surface area contributed by atoms with Crippen molar-refractivity contribution in [3.05, 3.63) is 138 Å². The van der Waals surface area contributed by atoms with Crippen LogP contribution in [0.2, 0.25) is 0 Å². The maximum atomic E-state index is 10.1. The lowest BCUT2D eigenvalue weighted by Crippen LogP contribution is -1.74. The maximum absolute atomic E-state index is 10.1. The average molecular weight is 549 g/mol. The fraction of sp³-hybridized carbons (Fsp3) is 0.111. The molecule has 0 aliphatic rings. The number of rotatable bonds is 4. The topological polar surface area (TPSA) is 118 Å². The minimum Gasteiger partial charge on any atom is -0.145 e. The van der Waals surface area contributed by atoms with Crippen LogP contribution >= 0.6 is 15.9 Å². The first kappa shape index (κ1) is 29.8. The van der Waals surface area contributed by atoms with Crippen LogP contribution in [0.15, 0.2) is 122 Å². The van der Waals surface area contributed by atoms with E-state index in [0.717, 1.165) is 21.2 Å². The van der Waals surface area contributed by atoms with Gasteiger partial charge in [0.05, 0.1) is 0 Å². The van der Waals surface area contributed by atoms with Crippen LogP contribution in [0.5, 0.6) is 0 Å². The number of halogens is 1. The molecule has 0 N–H and O–H groups in total. The molecule has 4 aromatic rings. The summed E-state index contributed by atoms with van der Waals surface area (Å²) >= 11 is 3.23. The van der Waals surface area contributed by atoms with Crippen molar-refractivity contribution in [1.82, 2.24) is 0 Å². The predicted molar refractivity (Wildman–Crippen MR) is 149 cm³/mol.